The van der Waals surface area contributed by atoms with Crippen molar-refractivity contribution in [3.05, 3.63) is 50.9 Å². The van der Waals surface area contributed by atoms with Crippen LogP contribution in [0.25, 0.3) is 21.3 Å². The molecule has 0 N–H and O–H groups in total. The van der Waals surface area contributed by atoms with Crippen LogP contribution in [0.5, 0.6) is 0 Å². The van der Waals surface area contributed by atoms with Crippen molar-refractivity contribution in [3.8, 4) is 11.1 Å². The van der Waals surface area contributed by atoms with E-state index >= 15 is 0 Å². The Labute approximate surface area is 125 Å². The van der Waals surface area contributed by atoms with Gasteiger partial charge in [-0.2, -0.15) is 0 Å². The van der Waals surface area contributed by atoms with Gasteiger partial charge < -0.3 is 0 Å². The molecule has 2 heterocycles. The summed E-state index contributed by atoms with van der Waals surface area (Å²) >= 11 is 13.9. The maximum Gasteiger partial charge on any atom is 0.0894 e. The van der Waals surface area contributed by atoms with Crippen LogP contribution in [0.3, 0.4) is 0 Å². The second-order valence-electron chi connectivity index (χ2n) is 4.53. The Kier molecular flexibility index (Phi) is 3.25. The summed E-state index contributed by atoms with van der Waals surface area (Å²) in [5, 5.41) is 3.42. The van der Waals surface area contributed by atoms with Gasteiger partial charge in [0.25, 0.3) is 0 Å². The molecule has 2 aromatic heterocycles. The molecule has 0 spiro atoms. The maximum atomic E-state index is 6.29. The van der Waals surface area contributed by atoms with Crippen LogP contribution in [-0.2, 0) is 0 Å². The molecule has 0 aliphatic carbocycles. The second kappa shape index (κ2) is 4.78. The summed E-state index contributed by atoms with van der Waals surface area (Å²) in [7, 11) is 0. The molecule has 0 radical (unpaired) electrons. The number of thiophene rings is 1. The number of fused-ring (bicyclic) bond motifs is 1. The molecule has 0 saturated heterocycles. The number of rotatable bonds is 1. The minimum absolute atomic E-state index is 0.647. The van der Waals surface area contributed by atoms with E-state index in [1.807, 2.05) is 19.1 Å². The summed E-state index contributed by atoms with van der Waals surface area (Å²) in [5.74, 6) is 0. The molecule has 0 unspecified atom stereocenters. The highest BCUT2D eigenvalue weighted by atomic mass is 35.5. The SMILES string of the molecule is Cc1cc(C)c2scc(-c3ccc(Cl)cc3Cl)c2n1. The molecule has 3 aromatic rings. The third-order valence-corrected chi connectivity index (χ3v) is 4.71. The van der Waals surface area contributed by atoms with Gasteiger partial charge in [-0.3, -0.25) is 4.98 Å². The molecule has 0 amide bonds. The van der Waals surface area contributed by atoms with E-state index in [0.717, 1.165) is 22.3 Å². The fraction of sp³-hybridized carbons (Fsp3) is 0.133. The van der Waals surface area contributed by atoms with Gasteiger partial charge in [-0.25, -0.2) is 0 Å². The van der Waals surface area contributed by atoms with E-state index in [9.17, 15) is 0 Å². The summed E-state index contributed by atoms with van der Waals surface area (Å²) in [4.78, 5) is 4.66. The van der Waals surface area contributed by atoms with Crippen LogP contribution in [-0.4, -0.2) is 4.98 Å². The van der Waals surface area contributed by atoms with Gasteiger partial charge in [-0.05, 0) is 37.6 Å². The number of halogens is 2. The lowest BCUT2D eigenvalue weighted by Gasteiger charge is -2.04. The minimum Gasteiger partial charge on any atom is -0.252 e. The second-order valence-corrected chi connectivity index (χ2v) is 6.26. The third kappa shape index (κ3) is 2.25. The van der Waals surface area contributed by atoms with E-state index in [0.29, 0.717) is 10.0 Å². The van der Waals surface area contributed by atoms with Crippen molar-refractivity contribution in [2.75, 3.05) is 0 Å². The highest BCUT2D eigenvalue weighted by molar-refractivity contribution is 7.17. The van der Waals surface area contributed by atoms with Crippen LogP contribution >= 0.6 is 34.5 Å². The standard InChI is InChI=1S/C15H11Cl2NS/c1-8-5-9(2)18-14-12(7-19-15(8)14)11-4-3-10(16)6-13(11)17/h3-7H,1-2H3. The third-order valence-electron chi connectivity index (χ3n) is 3.06. The zero-order chi connectivity index (χ0) is 13.6. The van der Waals surface area contributed by atoms with E-state index in [1.165, 1.54) is 10.3 Å². The van der Waals surface area contributed by atoms with Crippen LogP contribution in [0.1, 0.15) is 11.3 Å². The molecule has 0 fully saturated rings. The normalized spacial score (nSPS) is 11.2. The maximum absolute atomic E-state index is 6.29. The summed E-state index contributed by atoms with van der Waals surface area (Å²) in [6, 6.07) is 7.68. The predicted molar refractivity (Wildman–Crippen MR) is 84.6 cm³/mol. The zero-order valence-electron chi connectivity index (χ0n) is 10.5. The van der Waals surface area contributed by atoms with Crippen molar-refractivity contribution in [1.82, 2.24) is 4.98 Å². The van der Waals surface area contributed by atoms with Crippen molar-refractivity contribution in [2.45, 2.75) is 13.8 Å². The summed E-state index contributed by atoms with van der Waals surface area (Å²) in [5.41, 5.74) is 5.36. The molecule has 19 heavy (non-hydrogen) atoms. The molecule has 1 nitrogen and oxygen atoms in total. The first-order chi connectivity index (χ1) is 9.06. The summed E-state index contributed by atoms with van der Waals surface area (Å²) in [6.07, 6.45) is 0. The molecule has 3 rings (SSSR count). The van der Waals surface area contributed by atoms with Gasteiger partial charge in [0.1, 0.15) is 0 Å². The first-order valence-corrected chi connectivity index (χ1v) is 7.50. The van der Waals surface area contributed by atoms with Crippen LogP contribution in [0, 0.1) is 13.8 Å². The molecular weight excluding hydrogens is 297 g/mol. The van der Waals surface area contributed by atoms with Gasteiger partial charge >= 0.3 is 0 Å². The Hall–Kier alpha value is -1.09. The highest BCUT2D eigenvalue weighted by Crippen LogP contribution is 2.38. The van der Waals surface area contributed by atoms with Gasteiger partial charge in [-0.15, -0.1) is 11.3 Å². The van der Waals surface area contributed by atoms with Crippen molar-refractivity contribution in [3.63, 3.8) is 0 Å². The van der Waals surface area contributed by atoms with E-state index in [1.54, 1.807) is 17.4 Å². The van der Waals surface area contributed by atoms with Crippen LogP contribution in [0.4, 0.5) is 0 Å². The molecule has 1 aromatic carbocycles. The van der Waals surface area contributed by atoms with Gasteiger partial charge in [0, 0.05) is 32.2 Å². The molecule has 0 aliphatic heterocycles. The molecule has 0 aliphatic rings. The van der Waals surface area contributed by atoms with Gasteiger partial charge in [0.05, 0.1) is 10.2 Å². The lowest BCUT2D eigenvalue weighted by atomic mass is 10.1. The quantitative estimate of drug-likeness (QED) is 0.546. The molecule has 96 valence electrons. The number of benzene rings is 1. The first-order valence-electron chi connectivity index (χ1n) is 5.87. The molecule has 0 bridgehead atoms. The molecular formula is C15H11Cl2NS. The van der Waals surface area contributed by atoms with Crippen molar-refractivity contribution >= 4 is 44.8 Å². The Bertz CT molecular complexity index is 777. The highest BCUT2D eigenvalue weighted by Gasteiger charge is 2.13. The lowest BCUT2D eigenvalue weighted by Crippen LogP contribution is -1.86. The monoisotopic (exact) mass is 307 g/mol. The number of aryl methyl sites for hydroxylation is 2. The molecule has 4 heteroatoms. The number of aromatic nitrogens is 1. The van der Waals surface area contributed by atoms with Crippen LogP contribution < -0.4 is 0 Å². The number of hydrogen-bond donors (Lipinski definition) is 0. The zero-order valence-corrected chi connectivity index (χ0v) is 12.8. The fourth-order valence-electron chi connectivity index (χ4n) is 2.23. The fourth-order valence-corrected chi connectivity index (χ4v) is 3.73. The average molecular weight is 308 g/mol. The van der Waals surface area contributed by atoms with E-state index < -0.39 is 0 Å². The van der Waals surface area contributed by atoms with Crippen LogP contribution in [0.2, 0.25) is 10.0 Å². The number of hydrogen-bond acceptors (Lipinski definition) is 2. The van der Waals surface area contributed by atoms with Gasteiger partial charge in [0.15, 0.2) is 0 Å². The average Bonchev–Trinajstić information content (AvgIpc) is 2.73. The predicted octanol–water partition coefficient (Wildman–Crippen LogP) is 5.89. The summed E-state index contributed by atoms with van der Waals surface area (Å²) in [6.45, 7) is 4.12. The largest absolute Gasteiger partial charge is 0.252 e. The van der Waals surface area contributed by atoms with E-state index in [-0.39, 0.29) is 0 Å². The van der Waals surface area contributed by atoms with Crippen LogP contribution in [0.15, 0.2) is 29.6 Å². The summed E-state index contributed by atoms with van der Waals surface area (Å²) < 4.78 is 1.21. The number of nitrogens with zero attached hydrogens (tertiary/aromatic N) is 1. The Balaban J connectivity index is 2.31. The Morgan fingerprint density at radius 3 is 2.58 bits per heavy atom. The van der Waals surface area contributed by atoms with Crippen molar-refractivity contribution in [2.24, 2.45) is 0 Å². The van der Waals surface area contributed by atoms with Crippen molar-refractivity contribution < 1.29 is 0 Å². The smallest absolute Gasteiger partial charge is 0.0894 e. The van der Waals surface area contributed by atoms with E-state index in [4.69, 9.17) is 23.2 Å². The lowest BCUT2D eigenvalue weighted by molar-refractivity contribution is 1.24. The Morgan fingerprint density at radius 1 is 1.05 bits per heavy atom. The van der Waals surface area contributed by atoms with Crippen molar-refractivity contribution in [1.29, 1.82) is 0 Å². The topological polar surface area (TPSA) is 12.9 Å². The molecule has 0 atom stereocenters. The number of pyridine rings is 1. The molecule has 0 saturated carbocycles. The van der Waals surface area contributed by atoms with Gasteiger partial charge in [-0.1, -0.05) is 29.3 Å². The Morgan fingerprint density at radius 2 is 1.84 bits per heavy atom. The van der Waals surface area contributed by atoms with Gasteiger partial charge in [0.2, 0.25) is 0 Å². The first kappa shape index (κ1) is 12.9. The van der Waals surface area contributed by atoms with E-state index in [2.05, 4.69) is 23.4 Å². The minimum atomic E-state index is 0.647.